The summed E-state index contributed by atoms with van der Waals surface area (Å²) < 4.78 is 64.4. The van der Waals surface area contributed by atoms with Gasteiger partial charge in [0.1, 0.15) is 11.6 Å². The van der Waals surface area contributed by atoms with E-state index in [1.165, 1.54) is 55.6 Å². The molecule has 0 aliphatic carbocycles. The topological polar surface area (TPSA) is 47.6 Å². The monoisotopic (exact) mass is 399 g/mol. The first-order valence-electron chi connectivity index (χ1n) is 8.49. The number of methoxy groups -OCH3 is 2. The fourth-order valence-electron chi connectivity index (χ4n) is 2.77. The molecule has 0 aromatic heterocycles. The molecule has 2 rings (SSSR count). The van der Waals surface area contributed by atoms with E-state index in [0.29, 0.717) is 5.56 Å². The predicted molar refractivity (Wildman–Crippen MR) is 95.5 cm³/mol. The van der Waals surface area contributed by atoms with Gasteiger partial charge in [0, 0.05) is 13.5 Å². The highest BCUT2D eigenvalue weighted by Gasteiger charge is 2.57. The molecule has 152 valence electrons. The van der Waals surface area contributed by atoms with E-state index in [2.05, 4.69) is 5.32 Å². The average molecular weight is 399 g/mol. The summed E-state index contributed by atoms with van der Waals surface area (Å²) in [5.74, 6) is -0.731. The van der Waals surface area contributed by atoms with Gasteiger partial charge in [-0.2, -0.15) is 13.2 Å². The number of benzene rings is 2. The zero-order chi connectivity index (χ0) is 20.8. The van der Waals surface area contributed by atoms with E-state index < -0.39 is 30.0 Å². The second-order valence-corrected chi connectivity index (χ2v) is 6.16. The van der Waals surface area contributed by atoms with Gasteiger partial charge in [-0.15, -0.1) is 0 Å². The van der Waals surface area contributed by atoms with Crippen LogP contribution in [-0.2, 0) is 21.6 Å². The molecule has 4 nitrogen and oxygen atoms in total. The number of hydrogen-bond acceptors (Lipinski definition) is 3. The van der Waals surface area contributed by atoms with E-state index in [1.807, 2.05) is 0 Å². The smallest absolute Gasteiger partial charge is 0.423 e. The minimum absolute atomic E-state index is 0.0403. The van der Waals surface area contributed by atoms with Crippen LogP contribution in [0, 0.1) is 5.82 Å². The van der Waals surface area contributed by atoms with Gasteiger partial charge in [-0.25, -0.2) is 4.39 Å². The number of amides is 1. The van der Waals surface area contributed by atoms with Gasteiger partial charge in [0.25, 0.3) is 0 Å². The largest absolute Gasteiger partial charge is 0.497 e. The van der Waals surface area contributed by atoms with Crippen molar-refractivity contribution < 1.29 is 31.8 Å². The maximum absolute atomic E-state index is 13.9. The van der Waals surface area contributed by atoms with Crippen LogP contribution in [0.2, 0.25) is 0 Å². The number of ether oxygens (including phenoxy) is 2. The molecule has 1 unspecified atom stereocenters. The fourth-order valence-corrected chi connectivity index (χ4v) is 2.77. The molecule has 2 aromatic rings. The summed E-state index contributed by atoms with van der Waals surface area (Å²) in [6.07, 6.45) is -4.54. The molecule has 28 heavy (non-hydrogen) atoms. The van der Waals surface area contributed by atoms with Crippen LogP contribution in [0.1, 0.15) is 17.5 Å². The lowest BCUT2D eigenvalue weighted by atomic mass is 9.92. The van der Waals surface area contributed by atoms with Crippen molar-refractivity contribution in [3.8, 4) is 5.75 Å². The number of halogens is 4. The van der Waals surface area contributed by atoms with Gasteiger partial charge in [0.05, 0.1) is 13.7 Å². The lowest BCUT2D eigenvalue weighted by Gasteiger charge is -2.35. The highest BCUT2D eigenvalue weighted by molar-refractivity contribution is 5.76. The Hall–Kier alpha value is -2.61. The minimum atomic E-state index is -4.78. The molecule has 1 atom stereocenters. The highest BCUT2D eigenvalue weighted by Crippen LogP contribution is 2.42. The first-order valence-corrected chi connectivity index (χ1v) is 8.49. The Morgan fingerprint density at radius 3 is 2.32 bits per heavy atom. The molecular formula is C20H21F4NO3. The molecule has 2 aromatic carbocycles. The Labute approximate surface area is 160 Å². The van der Waals surface area contributed by atoms with Gasteiger partial charge in [0.15, 0.2) is 0 Å². The van der Waals surface area contributed by atoms with Crippen molar-refractivity contribution in [2.24, 2.45) is 0 Å². The summed E-state index contributed by atoms with van der Waals surface area (Å²) in [5, 5.41) is 2.30. The molecule has 8 heteroatoms. The van der Waals surface area contributed by atoms with E-state index in [-0.39, 0.29) is 24.2 Å². The standard InChI is InChI=1S/C20H21F4NO3/c1-27-17-5-3-4-15(12-17)19(28-2,20(22,23)24)13-25-18(26)11-8-14-6-9-16(21)10-7-14/h3-7,9-10,12H,8,11,13H2,1-2H3,(H,25,26). The first-order chi connectivity index (χ1) is 13.2. The third-order valence-electron chi connectivity index (χ3n) is 4.43. The van der Waals surface area contributed by atoms with E-state index in [1.54, 1.807) is 0 Å². The third kappa shape index (κ3) is 5.01. The molecule has 0 aliphatic rings. The summed E-state index contributed by atoms with van der Waals surface area (Å²) in [7, 11) is 2.29. The molecule has 0 fully saturated rings. The van der Waals surface area contributed by atoms with Crippen molar-refractivity contribution in [2.75, 3.05) is 20.8 Å². The lowest BCUT2D eigenvalue weighted by molar-refractivity contribution is -0.274. The van der Waals surface area contributed by atoms with Gasteiger partial charge in [-0.05, 0) is 41.8 Å². The molecule has 0 spiro atoms. The SMILES string of the molecule is COc1cccc(C(CNC(=O)CCc2ccc(F)cc2)(OC)C(F)(F)F)c1. The normalized spacial score (nSPS) is 13.6. The Morgan fingerprint density at radius 2 is 1.75 bits per heavy atom. The average Bonchev–Trinajstić information content (AvgIpc) is 2.67. The van der Waals surface area contributed by atoms with Crippen LogP contribution in [0.4, 0.5) is 17.6 Å². The second kappa shape index (κ2) is 9.05. The number of carbonyl (C=O) groups is 1. The summed E-state index contributed by atoms with van der Waals surface area (Å²) in [5.41, 5.74) is -2.19. The number of alkyl halides is 3. The third-order valence-corrected chi connectivity index (χ3v) is 4.43. The molecule has 1 N–H and O–H groups in total. The van der Waals surface area contributed by atoms with E-state index in [4.69, 9.17) is 9.47 Å². The van der Waals surface area contributed by atoms with Gasteiger partial charge >= 0.3 is 6.18 Å². The zero-order valence-corrected chi connectivity index (χ0v) is 15.5. The maximum Gasteiger partial charge on any atom is 0.423 e. The zero-order valence-electron chi connectivity index (χ0n) is 15.5. The van der Waals surface area contributed by atoms with Gasteiger partial charge in [-0.3, -0.25) is 4.79 Å². The predicted octanol–water partition coefficient (Wildman–Crippen LogP) is 3.99. The molecule has 1 amide bonds. The summed E-state index contributed by atoms with van der Waals surface area (Å²) in [6, 6.07) is 11.0. The minimum Gasteiger partial charge on any atom is -0.497 e. The van der Waals surface area contributed by atoms with Crippen molar-refractivity contribution in [3.05, 3.63) is 65.5 Å². The lowest BCUT2D eigenvalue weighted by Crippen LogP contribution is -2.52. The Balaban J connectivity index is 2.12. The van der Waals surface area contributed by atoms with Gasteiger partial charge < -0.3 is 14.8 Å². The number of hydrogen-bond donors (Lipinski definition) is 1. The van der Waals surface area contributed by atoms with Crippen molar-refractivity contribution in [1.29, 1.82) is 0 Å². The summed E-state index contributed by atoms with van der Waals surface area (Å²) in [4.78, 5) is 12.1. The van der Waals surface area contributed by atoms with Crippen LogP contribution in [0.25, 0.3) is 0 Å². The maximum atomic E-state index is 13.9. The molecule has 0 heterocycles. The van der Waals surface area contributed by atoms with Crippen LogP contribution in [0.5, 0.6) is 5.75 Å². The molecular weight excluding hydrogens is 378 g/mol. The van der Waals surface area contributed by atoms with Crippen LogP contribution in [0.3, 0.4) is 0 Å². The van der Waals surface area contributed by atoms with Crippen molar-refractivity contribution in [2.45, 2.75) is 24.6 Å². The Bertz CT molecular complexity index is 793. The molecule has 0 radical (unpaired) electrons. The van der Waals surface area contributed by atoms with Crippen LogP contribution < -0.4 is 10.1 Å². The Kier molecular flexibility index (Phi) is 7.01. The highest BCUT2D eigenvalue weighted by atomic mass is 19.4. The quantitative estimate of drug-likeness (QED) is 0.683. The molecule has 0 bridgehead atoms. The van der Waals surface area contributed by atoms with Crippen LogP contribution in [-0.4, -0.2) is 32.8 Å². The van der Waals surface area contributed by atoms with Crippen molar-refractivity contribution in [3.63, 3.8) is 0 Å². The van der Waals surface area contributed by atoms with Crippen molar-refractivity contribution >= 4 is 5.91 Å². The number of aryl methyl sites for hydroxylation is 1. The number of carbonyl (C=O) groups excluding carboxylic acids is 1. The fraction of sp³-hybridized carbons (Fsp3) is 0.350. The van der Waals surface area contributed by atoms with E-state index in [0.717, 1.165) is 7.11 Å². The molecule has 0 saturated heterocycles. The molecule has 0 saturated carbocycles. The van der Waals surface area contributed by atoms with E-state index >= 15 is 0 Å². The van der Waals surface area contributed by atoms with Crippen LogP contribution in [0.15, 0.2) is 48.5 Å². The van der Waals surface area contributed by atoms with E-state index in [9.17, 15) is 22.4 Å². The van der Waals surface area contributed by atoms with Crippen molar-refractivity contribution in [1.82, 2.24) is 5.32 Å². The second-order valence-electron chi connectivity index (χ2n) is 6.16. The summed E-state index contributed by atoms with van der Waals surface area (Å²) in [6.45, 7) is -0.789. The number of rotatable bonds is 8. The summed E-state index contributed by atoms with van der Waals surface area (Å²) >= 11 is 0. The number of nitrogens with one attached hydrogen (secondary N) is 1. The van der Waals surface area contributed by atoms with Gasteiger partial charge in [0.2, 0.25) is 11.5 Å². The first kappa shape index (κ1) is 21.7. The molecule has 0 aliphatic heterocycles. The van der Waals surface area contributed by atoms with Crippen LogP contribution >= 0.6 is 0 Å². The Morgan fingerprint density at radius 1 is 1.07 bits per heavy atom. The van der Waals surface area contributed by atoms with Gasteiger partial charge in [-0.1, -0.05) is 24.3 Å².